The first-order chi connectivity index (χ1) is 8.61. The molecule has 1 atom stereocenters. The molecule has 0 bridgehead atoms. The van der Waals surface area contributed by atoms with Crippen molar-refractivity contribution in [1.82, 2.24) is 5.32 Å². The lowest BCUT2D eigenvalue weighted by atomic mass is 10.2. The van der Waals surface area contributed by atoms with Gasteiger partial charge in [0.25, 0.3) is 0 Å². The molecule has 0 amide bonds. The van der Waals surface area contributed by atoms with Crippen LogP contribution < -0.4 is 15.8 Å². The quantitative estimate of drug-likeness (QED) is 0.461. The van der Waals surface area contributed by atoms with E-state index in [1.54, 1.807) is 0 Å². The molecule has 0 aromatic heterocycles. The Morgan fingerprint density at radius 1 is 1.39 bits per heavy atom. The van der Waals surface area contributed by atoms with E-state index in [9.17, 15) is 0 Å². The molecular formula is C14H23N3O. The molecule has 1 aromatic carbocycles. The van der Waals surface area contributed by atoms with Crippen LogP contribution in [0.1, 0.15) is 25.8 Å². The zero-order valence-corrected chi connectivity index (χ0v) is 11.4. The molecule has 1 rings (SSSR count). The summed E-state index contributed by atoms with van der Waals surface area (Å²) in [5, 5.41) is 3.11. The second-order valence-corrected chi connectivity index (χ2v) is 4.38. The summed E-state index contributed by atoms with van der Waals surface area (Å²) < 4.78 is 5.55. The highest BCUT2D eigenvalue weighted by molar-refractivity contribution is 5.78. The number of benzene rings is 1. The maximum Gasteiger partial charge on any atom is 0.188 e. The van der Waals surface area contributed by atoms with Gasteiger partial charge in [-0.15, -0.1) is 0 Å². The minimum absolute atomic E-state index is 0.353. The number of ether oxygens (including phenoxy) is 1. The van der Waals surface area contributed by atoms with Gasteiger partial charge in [-0.05, 0) is 32.4 Å². The molecule has 0 aliphatic carbocycles. The first-order valence-electron chi connectivity index (χ1n) is 6.37. The Hall–Kier alpha value is -1.71. The Morgan fingerprint density at radius 2 is 2.06 bits per heavy atom. The first kappa shape index (κ1) is 14.4. The number of rotatable bonds is 6. The van der Waals surface area contributed by atoms with Crippen LogP contribution in [0.5, 0.6) is 5.75 Å². The maximum absolute atomic E-state index is 5.73. The summed E-state index contributed by atoms with van der Waals surface area (Å²) in [4.78, 5) is 4.20. The standard InChI is InChI=1S/C14H23N3O/c1-4-12(3)17-14(15)16-9-10-18-13-7-5-11(2)6-8-13/h5-8,12H,4,9-10H2,1-3H3,(H3,15,16,17). The van der Waals surface area contributed by atoms with Crippen molar-refractivity contribution in [3.05, 3.63) is 29.8 Å². The number of nitrogens with zero attached hydrogens (tertiary/aromatic N) is 1. The van der Waals surface area contributed by atoms with Crippen LogP contribution in [0, 0.1) is 6.92 Å². The Labute approximate surface area is 109 Å². The summed E-state index contributed by atoms with van der Waals surface area (Å²) in [7, 11) is 0. The average molecular weight is 249 g/mol. The number of aliphatic imine (C=N–C) groups is 1. The molecule has 0 spiro atoms. The van der Waals surface area contributed by atoms with Gasteiger partial charge in [0.15, 0.2) is 5.96 Å². The van der Waals surface area contributed by atoms with Crippen LogP contribution in [0.3, 0.4) is 0 Å². The first-order valence-corrected chi connectivity index (χ1v) is 6.37. The summed E-state index contributed by atoms with van der Waals surface area (Å²) in [6, 6.07) is 8.32. The molecule has 1 aromatic rings. The SMILES string of the molecule is CCC(C)NC(N)=NCCOc1ccc(C)cc1. The Bertz CT molecular complexity index is 373. The lowest BCUT2D eigenvalue weighted by Crippen LogP contribution is -2.38. The second-order valence-electron chi connectivity index (χ2n) is 4.38. The fraction of sp³-hybridized carbons (Fsp3) is 0.500. The van der Waals surface area contributed by atoms with Gasteiger partial charge in [0, 0.05) is 6.04 Å². The number of guanidine groups is 1. The molecule has 1 unspecified atom stereocenters. The summed E-state index contributed by atoms with van der Waals surface area (Å²) in [5.74, 6) is 1.35. The van der Waals surface area contributed by atoms with Gasteiger partial charge in [-0.2, -0.15) is 0 Å². The summed E-state index contributed by atoms with van der Waals surface area (Å²) in [6.07, 6.45) is 1.02. The number of hydrogen-bond donors (Lipinski definition) is 2. The van der Waals surface area contributed by atoms with Gasteiger partial charge in [0.05, 0.1) is 6.54 Å². The molecule has 0 aliphatic heterocycles. The second kappa shape index (κ2) is 7.58. The predicted molar refractivity (Wildman–Crippen MR) is 76.1 cm³/mol. The van der Waals surface area contributed by atoms with Crippen molar-refractivity contribution in [2.75, 3.05) is 13.2 Å². The van der Waals surface area contributed by atoms with E-state index in [0.29, 0.717) is 25.2 Å². The molecule has 4 nitrogen and oxygen atoms in total. The van der Waals surface area contributed by atoms with Crippen LogP contribution in [-0.2, 0) is 0 Å². The molecule has 0 saturated heterocycles. The highest BCUT2D eigenvalue weighted by Crippen LogP contribution is 2.10. The van der Waals surface area contributed by atoms with Crippen LogP contribution in [-0.4, -0.2) is 25.2 Å². The predicted octanol–water partition coefficient (Wildman–Crippen LogP) is 2.08. The van der Waals surface area contributed by atoms with Crippen molar-refractivity contribution < 1.29 is 4.74 Å². The molecule has 18 heavy (non-hydrogen) atoms. The van der Waals surface area contributed by atoms with E-state index in [4.69, 9.17) is 10.5 Å². The Kier molecular flexibility index (Phi) is 6.05. The van der Waals surface area contributed by atoms with Crippen LogP contribution >= 0.6 is 0 Å². The van der Waals surface area contributed by atoms with E-state index in [1.165, 1.54) is 5.56 Å². The highest BCUT2D eigenvalue weighted by Gasteiger charge is 1.98. The van der Waals surface area contributed by atoms with Crippen LogP contribution in [0.15, 0.2) is 29.3 Å². The molecular weight excluding hydrogens is 226 g/mol. The third-order valence-electron chi connectivity index (χ3n) is 2.67. The van der Waals surface area contributed by atoms with Gasteiger partial charge in [0.1, 0.15) is 12.4 Å². The van der Waals surface area contributed by atoms with E-state index in [1.807, 2.05) is 24.3 Å². The van der Waals surface area contributed by atoms with Crippen molar-refractivity contribution in [2.45, 2.75) is 33.2 Å². The maximum atomic E-state index is 5.73. The van der Waals surface area contributed by atoms with Crippen molar-refractivity contribution in [3.63, 3.8) is 0 Å². The van der Waals surface area contributed by atoms with Crippen molar-refractivity contribution >= 4 is 5.96 Å². The summed E-state index contributed by atoms with van der Waals surface area (Å²) >= 11 is 0. The molecule has 0 radical (unpaired) electrons. The fourth-order valence-corrected chi connectivity index (χ4v) is 1.36. The van der Waals surface area contributed by atoms with E-state index >= 15 is 0 Å². The molecule has 0 fully saturated rings. The minimum Gasteiger partial charge on any atom is -0.492 e. The minimum atomic E-state index is 0.353. The van der Waals surface area contributed by atoms with Gasteiger partial charge in [0.2, 0.25) is 0 Å². The largest absolute Gasteiger partial charge is 0.492 e. The Balaban J connectivity index is 2.25. The summed E-state index contributed by atoms with van der Waals surface area (Å²) in [5.41, 5.74) is 6.96. The number of nitrogens with two attached hydrogens (primary N) is 1. The molecule has 100 valence electrons. The van der Waals surface area contributed by atoms with Crippen LogP contribution in [0.4, 0.5) is 0 Å². The third-order valence-corrected chi connectivity index (χ3v) is 2.67. The van der Waals surface area contributed by atoms with Gasteiger partial charge >= 0.3 is 0 Å². The normalized spacial score (nSPS) is 13.2. The molecule has 0 saturated carbocycles. The van der Waals surface area contributed by atoms with E-state index in [2.05, 4.69) is 31.1 Å². The van der Waals surface area contributed by atoms with Crippen molar-refractivity contribution in [3.8, 4) is 5.75 Å². The van der Waals surface area contributed by atoms with Gasteiger partial charge in [-0.1, -0.05) is 24.6 Å². The van der Waals surface area contributed by atoms with E-state index < -0.39 is 0 Å². The van der Waals surface area contributed by atoms with Gasteiger partial charge in [-0.25, -0.2) is 4.99 Å². The fourth-order valence-electron chi connectivity index (χ4n) is 1.36. The zero-order valence-electron chi connectivity index (χ0n) is 11.4. The average Bonchev–Trinajstić information content (AvgIpc) is 2.36. The highest BCUT2D eigenvalue weighted by atomic mass is 16.5. The Morgan fingerprint density at radius 3 is 2.67 bits per heavy atom. The van der Waals surface area contributed by atoms with E-state index in [0.717, 1.165) is 12.2 Å². The third kappa shape index (κ3) is 5.57. The monoisotopic (exact) mass is 249 g/mol. The summed E-state index contributed by atoms with van der Waals surface area (Å²) in [6.45, 7) is 7.32. The lowest BCUT2D eigenvalue weighted by molar-refractivity contribution is 0.328. The number of nitrogens with one attached hydrogen (secondary N) is 1. The van der Waals surface area contributed by atoms with Crippen molar-refractivity contribution in [2.24, 2.45) is 10.7 Å². The number of aryl methyl sites for hydroxylation is 1. The lowest BCUT2D eigenvalue weighted by Gasteiger charge is -2.11. The van der Waals surface area contributed by atoms with Crippen LogP contribution in [0.25, 0.3) is 0 Å². The number of hydrogen-bond acceptors (Lipinski definition) is 2. The molecule has 3 N–H and O–H groups in total. The van der Waals surface area contributed by atoms with Gasteiger partial charge in [-0.3, -0.25) is 0 Å². The van der Waals surface area contributed by atoms with Gasteiger partial charge < -0.3 is 15.8 Å². The smallest absolute Gasteiger partial charge is 0.188 e. The van der Waals surface area contributed by atoms with Crippen LogP contribution in [0.2, 0.25) is 0 Å². The molecule has 0 aliphatic rings. The van der Waals surface area contributed by atoms with Crippen molar-refractivity contribution in [1.29, 1.82) is 0 Å². The van der Waals surface area contributed by atoms with E-state index in [-0.39, 0.29) is 0 Å². The molecule has 4 heteroatoms. The molecule has 0 heterocycles. The zero-order chi connectivity index (χ0) is 13.4. The topological polar surface area (TPSA) is 59.6 Å².